The number of anilines is 1. The molecule has 1 N–H and O–H groups in total. The van der Waals surface area contributed by atoms with E-state index in [1.165, 1.54) is 18.2 Å². The van der Waals surface area contributed by atoms with Gasteiger partial charge in [0, 0.05) is 29.8 Å². The van der Waals surface area contributed by atoms with E-state index < -0.39 is 22.6 Å². The Kier molecular flexibility index (Phi) is 6.35. The molecule has 1 aliphatic heterocycles. The predicted molar refractivity (Wildman–Crippen MR) is 123 cm³/mol. The van der Waals surface area contributed by atoms with Gasteiger partial charge < -0.3 is 9.46 Å². The Balaban J connectivity index is 1.60. The summed E-state index contributed by atoms with van der Waals surface area (Å²) in [6.07, 6.45) is 3.53. The first-order chi connectivity index (χ1) is 15.4. The standard InChI is InChI=1S/C24H16ClFN2O3S/c1-31-23-14-16(9-10-27-23)4-2-3-15-6-8-21-18(11-15)24(29)22(32(30)28-21)13-17-5-7-19(25)20(26)12-17/h5-14,28H,4H2,1H3. The zero-order valence-electron chi connectivity index (χ0n) is 16.8. The van der Waals surface area contributed by atoms with Crippen LogP contribution in [0.5, 0.6) is 5.88 Å². The number of ketones is 1. The summed E-state index contributed by atoms with van der Waals surface area (Å²) >= 11 is 5.70. The van der Waals surface area contributed by atoms with Crippen molar-refractivity contribution in [3.63, 3.8) is 0 Å². The molecule has 32 heavy (non-hydrogen) atoms. The third-order valence-electron chi connectivity index (χ3n) is 4.67. The lowest BCUT2D eigenvalue weighted by molar-refractivity contribution is 0.104. The first-order valence-corrected chi connectivity index (χ1v) is 11.0. The number of hydrogen-bond donors (Lipinski definition) is 1. The summed E-state index contributed by atoms with van der Waals surface area (Å²) in [5, 5.41) is -0.0276. The van der Waals surface area contributed by atoms with Gasteiger partial charge >= 0.3 is 0 Å². The predicted octanol–water partition coefficient (Wildman–Crippen LogP) is 4.79. The Morgan fingerprint density at radius 3 is 2.84 bits per heavy atom. The van der Waals surface area contributed by atoms with Crippen molar-refractivity contribution in [2.75, 3.05) is 11.8 Å². The molecule has 4 rings (SSSR count). The first kappa shape index (κ1) is 21.8. The van der Waals surface area contributed by atoms with Gasteiger partial charge in [-0.15, -0.1) is 0 Å². The van der Waals surface area contributed by atoms with E-state index in [-0.39, 0.29) is 9.93 Å². The molecule has 0 fully saturated rings. The summed E-state index contributed by atoms with van der Waals surface area (Å²) in [5.41, 5.74) is 2.79. The number of allylic oxidation sites excluding steroid dienone is 1. The molecule has 0 aliphatic carbocycles. The fourth-order valence-corrected chi connectivity index (χ4v) is 4.19. The van der Waals surface area contributed by atoms with Gasteiger partial charge in [0.2, 0.25) is 11.7 Å². The number of carbonyl (C=O) groups excluding carboxylic acids is 1. The van der Waals surface area contributed by atoms with Crippen LogP contribution in [-0.2, 0) is 17.4 Å². The molecular formula is C24H16ClFN2O3S. The number of nitrogens with zero attached hydrogens (tertiary/aromatic N) is 1. The molecule has 0 bridgehead atoms. The second-order valence-electron chi connectivity index (χ2n) is 6.83. The van der Waals surface area contributed by atoms with Crippen LogP contribution in [0.2, 0.25) is 5.02 Å². The highest BCUT2D eigenvalue weighted by molar-refractivity contribution is 7.91. The molecule has 8 heteroatoms. The maximum absolute atomic E-state index is 13.7. The minimum Gasteiger partial charge on any atom is -0.481 e. The summed E-state index contributed by atoms with van der Waals surface area (Å²) in [6.45, 7) is 0. The van der Waals surface area contributed by atoms with E-state index in [4.69, 9.17) is 16.3 Å². The number of aromatic nitrogens is 1. The molecular weight excluding hydrogens is 451 g/mol. The molecule has 2 aromatic carbocycles. The number of halogens is 2. The van der Waals surface area contributed by atoms with E-state index in [2.05, 4.69) is 21.5 Å². The third-order valence-corrected chi connectivity index (χ3v) is 6.08. The Labute approximate surface area is 191 Å². The quantitative estimate of drug-likeness (QED) is 0.445. The zero-order chi connectivity index (χ0) is 22.7. The fraction of sp³-hybridized carbons (Fsp3) is 0.0833. The van der Waals surface area contributed by atoms with Crippen LogP contribution >= 0.6 is 11.6 Å². The number of carbonyl (C=O) groups is 1. The highest BCUT2D eigenvalue weighted by Gasteiger charge is 2.27. The number of pyridine rings is 1. The third kappa shape index (κ3) is 4.72. The van der Waals surface area contributed by atoms with Crippen LogP contribution in [0.15, 0.2) is 59.6 Å². The van der Waals surface area contributed by atoms with Gasteiger partial charge in [-0.1, -0.05) is 29.5 Å². The topological polar surface area (TPSA) is 68.3 Å². The maximum Gasteiger partial charge on any atom is 0.213 e. The SMILES string of the molecule is COc1cc(CC#Cc2ccc3c(c2)C(=O)C(=Cc2ccc(Cl)c(F)c2)S(=O)N3)ccn1. The van der Waals surface area contributed by atoms with Gasteiger partial charge in [0.25, 0.3) is 0 Å². The number of hydrogen-bond acceptors (Lipinski definition) is 4. The summed E-state index contributed by atoms with van der Waals surface area (Å²) in [4.78, 5) is 17.1. The molecule has 1 unspecified atom stereocenters. The van der Waals surface area contributed by atoms with Crippen LogP contribution in [0.25, 0.3) is 6.08 Å². The van der Waals surface area contributed by atoms with E-state index in [1.807, 2.05) is 6.07 Å². The highest BCUT2D eigenvalue weighted by Crippen LogP contribution is 2.30. The van der Waals surface area contributed by atoms with E-state index >= 15 is 0 Å². The molecule has 5 nitrogen and oxygen atoms in total. The van der Waals surface area contributed by atoms with Crippen LogP contribution < -0.4 is 9.46 Å². The summed E-state index contributed by atoms with van der Waals surface area (Å²) < 4.78 is 34.2. The smallest absolute Gasteiger partial charge is 0.213 e. The molecule has 0 spiro atoms. The van der Waals surface area contributed by atoms with E-state index in [9.17, 15) is 13.4 Å². The molecule has 160 valence electrons. The Morgan fingerprint density at radius 1 is 1.22 bits per heavy atom. The maximum atomic E-state index is 13.7. The van der Waals surface area contributed by atoms with Crippen LogP contribution in [0.4, 0.5) is 10.1 Å². The highest BCUT2D eigenvalue weighted by atomic mass is 35.5. The van der Waals surface area contributed by atoms with Gasteiger partial charge in [0.15, 0.2) is 11.0 Å². The number of ether oxygens (including phenoxy) is 1. The van der Waals surface area contributed by atoms with Crippen molar-refractivity contribution >= 4 is 40.1 Å². The van der Waals surface area contributed by atoms with E-state index in [1.54, 1.807) is 43.6 Å². The molecule has 0 saturated heterocycles. The lowest BCUT2D eigenvalue weighted by atomic mass is 10.0. The van der Waals surface area contributed by atoms with Crippen molar-refractivity contribution in [2.24, 2.45) is 0 Å². The largest absolute Gasteiger partial charge is 0.481 e. The van der Waals surface area contributed by atoms with Crippen molar-refractivity contribution in [3.8, 4) is 17.7 Å². The zero-order valence-corrected chi connectivity index (χ0v) is 18.4. The van der Waals surface area contributed by atoms with Gasteiger partial charge in [0.05, 0.1) is 17.8 Å². The van der Waals surface area contributed by atoms with Gasteiger partial charge in [0.1, 0.15) is 10.7 Å². The van der Waals surface area contributed by atoms with Crippen molar-refractivity contribution in [1.82, 2.24) is 4.98 Å². The Hall–Kier alpha value is -3.47. The second kappa shape index (κ2) is 9.35. The van der Waals surface area contributed by atoms with Crippen molar-refractivity contribution in [2.45, 2.75) is 6.42 Å². The van der Waals surface area contributed by atoms with Crippen LogP contribution in [0.1, 0.15) is 27.0 Å². The van der Waals surface area contributed by atoms with Gasteiger partial charge in [-0.05, 0) is 53.6 Å². The van der Waals surface area contributed by atoms with Crippen molar-refractivity contribution < 1.29 is 18.1 Å². The van der Waals surface area contributed by atoms with Crippen molar-refractivity contribution in [3.05, 3.63) is 92.7 Å². The molecule has 1 aromatic heterocycles. The molecule has 0 saturated carbocycles. The number of rotatable bonds is 3. The summed E-state index contributed by atoms with van der Waals surface area (Å²) in [7, 11) is -0.219. The van der Waals surface area contributed by atoms with Crippen LogP contribution in [0.3, 0.4) is 0 Å². The average molecular weight is 467 g/mol. The minimum atomic E-state index is -1.77. The molecule has 0 radical (unpaired) electrons. The number of Topliss-reactive ketones (excluding diaryl/α,β-unsaturated/α-hetero) is 1. The molecule has 1 aliphatic rings. The Morgan fingerprint density at radius 2 is 2.06 bits per heavy atom. The van der Waals surface area contributed by atoms with Gasteiger partial charge in [-0.2, -0.15) is 0 Å². The normalized spacial score (nSPS) is 16.0. The molecule has 3 aromatic rings. The number of nitrogens with one attached hydrogen (secondary N) is 1. The van der Waals surface area contributed by atoms with E-state index in [0.29, 0.717) is 34.7 Å². The lowest BCUT2D eigenvalue weighted by Crippen LogP contribution is -2.22. The monoisotopic (exact) mass is 466 g/mol. The molecule has 2 heterocycles. The Bertz CT molecular complexity index is 1340. The fourth-order valence-electron chi connectivity index (χ4n) is 3.06. The minimum absolute atomic E-state index is 0.0215. The molecule has 0 amide bonds. The average Bonchev–Trinajstić information content (AvgIpc) is 2.79. The van der Waals surface area contributed by atoms with Crippen LogP contribution in [0, 0.1) is 17.7 Å². The van der Waals surface area contributed by atoms with E-state index in [0.717, 1.165) is 5.56 Å². The summed E-state index contributed by atoms with van der Waals surface area (Å²) in [6, 6.07) is 12.8. The van der Waals surface area contributed by atoms with Crippen molar-refractivity contribution in [1.29, 1.82) is 0 Å². The van der Waals surface area contributed by atoms with Crippen LogP contribution in [-0.4, -0.2) is 22.1 Å². The number of fused-ring (bicyclic) bond motifs is 1. The molecule has 1 atom stereocenters. The lowest BCUT2D eigenvalue weighted by Gasteiger charge is -2.19. The van der Waals surface area contributed by atoms with Gasteiger partial charge in [-0.25, -0.2) is 13.6 Å². The summed E-state index contributed by atoms with van der Waals surface area (Å²) in [5.74, 6) is 5.60. The van der Waals surface area contributed by atoms with Gasteiger partial charge in [-0.3, -0.25) is 4.79 Å². The number of methoxy groups -OCH3 is 1. The second-order valence-corrected chi connectivity index (χ2v) is 8.42. The number of benzene rings is 2. The first-order valence-electron chi connectivity index (χ1n) is 9.46.